The maximum absolute atomic E-state index is 12.9. The van der Waals surface area contributed by atoms with Crippen LogP contribution in [-0.4, -0.2) is 58.9 Å². The van der Waals surface area contributed by atoms with Gasteiger partial charge in [-0.3, -0.25) is 0 Å². The van der Waals surface area contributed by atoms with E-state index in [9.17, 15) is 9.59 Å². The molecule has 6 rings (SSSR count). The van der Waals surface area contributed by atoms with Crippen molar-refractivity contribution in [1.29, 1.82) is 0 Å². The quantitative estimate of drug-likeness (QED) is 0.701. The summed E-state index contributed by atoms with van der Waals surface area (Å²) < 4.78 is 11.6. The maximum atomic E-state index is 12.9. The Hall–Kier alpha value is -1.46. The summed E-state index contributed by atoms with van der Waals surface area (Å²) in [5.41, 5.74) is -0.489. The third-order valence-electron chi connectivity index (χ3n) is 7.48. The molecule has 150 valence electrons. The van der Waals surface area contributed by atoms with E-state index >= 15 is 0 Å². The van der Waals surface area contributed by atoms with Crippen molar-refractivity contribution < 1.29 is 19.1 Å². The van der Waals surface area contributed by atoms with E-state index in [1.807, 2.05) is 25.7 Å². The van der Waals surface area contributed by atoms with E-state index in [1.165, 1.54) is 32.1 Å². The van der Waals surface area contributed by atoms with Gasteiger partial charge in [-0.05, 0) is 83.0 Å². The largest absolute Gasteiger partial charge is 0.446 e. The Balaban J connectivity index is 1.19. The van der Waals surface area contributed by atoms with Crippen molar-refractivity contribution in [2.45, 2.75) is 83.1 Å². The summed E-state index contributed by atoms with van der Waals surface area (Å²) in [7, 11) is 0. The molecular formula is C21H32N2O4. The number of piperazine rings is 1. The molecule has 0 N–H and O–H groups in total. The van der Waals surface area contributed by atoms with E-state index in [0.717, 1.165) is 18.3 Å². The fourth-order valence-electron chi connectivity index (χ4n) is 6.69. The van der Waals surface area contributed by atoms with E-state index in [1.54, 1.807) is 4.90 Å². The molecule has 0 aromatic carbocycles. The van der Waals surface area contributed by atoms with E-state index in [4.69, 9.17) is 9.47 Å². The second-order valence-corrected chi connectivity index (χ2v) is 10.6. The van der Waals surface area contributed by atoms with Gasteiger partial charge in [-0.15, -0.1) is 0 Å². The summed E-state index contributed by atoms with van der Waals surface area (Å²) in [6.45, 7) is 6.79. The van der Waals surface area contributed by atoms with Crippen LogP contribution in [0, 0.1) is 23.7 Å². The van der Waals surface area contributed by atoms with Gasteiger partial charge >= 0.3 is 12.2 Å². The number of carbonyl (C=O) groups excluding carboxylic acids is 2. The first kappa shape index (κ1) is 17.6. The molecule has 6 aliphatic rings. The molecule has 0 radical (unpaired) electrons. The summed E-state index contributed by atoms with van der Waals surface area (Å²) in [6, 6.07) is 0.141. The molecule has 2 atom stereocenters. The summed E-state index contributed by atoms with van der Waals surface area (Å²) >= 11 is 0. The van der Waals surface area contributed by atoms with Crippen molar-refractivity contribution in [3.8, 4) is 0 Å². The van der Waals surface area contributed by atoms with Gasteiger partial charge in [0.05, 0.1) is 12.1 Å². The van der Waals surface area contributed by atoms with E-state index < -0.39 is 5.60 Å². The molecule has 6 fully saturated rings. The fraction of sp³-hybridized carbons (Fsp3) is 0.905. The van der Waals surface area contributed by atoms with Crippen LogP contribution in [-0.2, 0) is 9.47 Å². The minimum atomic E-state index is -0.489. The highest BCUT2D eigenvalue weighted by atomic mass is 16.6. The van der Waals surface area contributed by atoms with E-state index in [0.29, 0.717) is 24.9 Å². The molecule has 0 aromatic rings. The molecule has 27 heavy (non-hydrogen) atoms. The highest BCUT2D eigenvalue weighted by Gasteiger charge is 2.52. The zero-order valence-corrected chi connectivity index (χ0v) is 16.7. The number of nitrogens with zero attached hydrogens (tertiary/aromatic N) is 2. The van der Waals surface area contributed by atoms with Crippen LogP contribution in [0.15, 0.2) is 0 Å². The average Bonchev–Trinajstić information content (AvgIpc) is 3.16. The normalized spacial score (nSPS) is 42.0. The Morgan fingerprint density at radius 2 is 1.30 bits per heavy atom. The highest BCUT2D eigenvalue weighted by molar-refractivity contribution is 5.72. The number of hydrogen-bond acceptors (Lipinski definition) is 4. The third kappa shape index (κ3) is 3.09. The van der Waals surface area contributed by atoms with Gasteiger partial charge in [0.2, 0.25) is 0 Å². The van der Waals surface area contributed by atoms with Crippen molar-refractivity contribution in [1.82, 2.24) is 9.80 Å². The molecule has 6 heteroatoms. The molecule has 0 unspecified atom stereocenters. The van der Waals surface area contributed by atoms with Crippen LogP contribution >= 0.6 is 0 Å². The predicted octanol–water partition coefficient (Wildman–Crippen LogP) is 3.64. The minimum Gasteiger partial charge on any atom is -0.446 e. The van der Waals surface area contributed by atoms with Crippen LogP contribution in [0.1, 0.15) is 59.3 Å². The summed E-state index contributed by atoms with van der Waals surface area (Å²) in [4.78, 5) is 28.9. The monoisotopic (exact) mass is 376 g/mol. The van der Waals surface area contributed by atoms with Crippen LogP contribution in [0.5, 0.6) is 0 Å². The number of amides is 2. The van der Waals surface area contributed by atoms with Gasteiger partial charge < -0.3 is 19.3 Å². The first-order valence-corrected chi connectivity index (χ1v) is 10.7. The number of ether oxygens (including phenoxy) is 2. The highest BCUT2D eigenvalue weighted by Crippen LogP contribution is 2.54. The van der Waals surface area contributed by atoms with Crippen LogP contribution < -0.4 is 0 Å². The van der Waals surface area contributed by atoms with E-state index in [2.05, 4.69) is 0 Å². The lowest BCUT2D eigenvalue weighted by Crippen LogP contribution is -2.54. The Morgan fingerprint density at radius 1 is 0.778 bits per heavy atom. The first-order chi connectivity index (χ1) is 12.8. The number of carbonyl (C=O) groups is 2. The van der Waals surface area contributed by atoms with Gasteiger partial charge in [-0.2, -0.15) is 0 Å². The molecule has 4 saturated carbocycles. The summed E-state index contributed by atoms with van der Waals surface area (Å²) in [6.07, 6.45) is 6.99. The van der Waals surface area contributed by atoms with Gasteiger partial charge in [0.15, 0.2) is 0 Å². The molecule has 2 saturated heterocycles. The number of hydrogen-bond donors (Lipinski definition) is 0. The predicted molar refractivity (Wildman–Crippen MR) is 99.2 cm³/mol. The van der Waals surface area contributed by atoms with Gasteiger partial charge in [-0.25, -0.2) is 9.59 Å². The molecule has 0 spiro atoms. The lowest BCUT2D eigenvalue weighted by Gasteiger charge is -2.53. The van der Waals surface area contributed by atoms with Crippen molar-refractivity contribution >= 4 is 12.2 Å². The Morgan fingerprint density at radius 3 is 1.78 bits per heavy atom. The van der Waals surface area contributed by atoms with Crippen LogP contribution in [0.25, 0.3) is 0 Å². The number of rotatable bonds is 1. The van der Waals surface area contributed by atoms with Crippen molar-refractivity contribution in [3.63, 3.8) is 0 Å². The van der Waals surface area contributed by atoms with Crippen LogP contribution in [0.2, 0.25) is 0 Å². The Kier molecular flexibility index (Phi) is 3.93. The van der Waals surface area contributed by atoms with E-state index in [-0.39, 0.29) is 30.4 Å². The Bertz CT molecular complexity index is 615. The average molecular weight is 376 g/mol. The Labute approximate surface area is 161 Å². The molecule has 6 bridgehead atoms. The maximum Gasteiger partial charge on any atom is 0.410 e. The molecule has 4 aliphatic carbocycles. The zero-order chi connectivity index (χ0) is 18.9. The zero-order valence-electron chi connectivity index (χ0n) is 16.7. The molecule has 0 aromatic heterocycles. The summed E-state index contributed by atoms with van der Waals surface area (Å²) in [5.74, 6) is 2.94. The molecule has 2 aliphatic heterocycles. The smallest absolute Gasteiger partial charge is 0.410 e. The number of likely N-dealkylation sites (tertiary alicyclic amines) is 2. The van der Waals surface area contributed by atoms with Crippen molar-refractivity contribution in [2.75, 3.05) is 13.1 Å². The molecular weight excluding hydrogens is 344 g/mol. The van der Waals surface area contributed by atoms with Gasteiger partial charge in [0.25, 0.3) is 0 Å². The third-order valence-corrected chi connectivity index (χ3v) is 7.48. The second kappa shape index (κ2) is 6.02. The molecule has 2 heterocycles. The van der Waals surface area contributed by atoms with Crippen molar-refractivity contribution in [2.24, 2.45) is 23.7 Å². The first-order valence-electron chi connectivity index (χ1n) is 10.7. The van der Waals surface area contributed by atoms with Gasteiger partial charge in [0, 0.05) is 13.1 Å². The van der Waals surface area contributed by atoms with Gasteiger partial charge in [-0.1, -0.05) is 0 Å². The topological polar surface area (TPSA) is 59.1 Å². The minimum absolute atomic E-state index is 0.0656. The number of fused-ring (bicyclic) bond motifs is 2. The molecule has 6 nitrogen and oxygen atoms in total. The standard InChI is InChI=1S/C21H32N2O4/c1-21(2,3)27-20(25)23-11-16-9-17(23)10-22(16)19(24)26-18-14-5-12-4-13(7-14)8-15(18)6-12/h12-18H,4-11H2,1-3H3/t12?,13?,14?,15?,16-,17-,18?/m0/s1. The summed E-state index contributed by atoms with van der Waals surface area (Å²) in [5, 5.41) is 0. The van der Waals surface area contributed by atoms with Crippen LogP contribution in [0.4, 0.5) is 9.59 Å². The lowest BCUT2D eigenvalue weighted by molar-refractivity contribution is -0.104. The fourth-order valence-corrected chi connectivity index (χ4v) is 6.69. The lowest BCUT2D eigenvalue weighted by atomic mass is 9.55. The molecule has 2 amide bonds. The van der Waals surface area contributed by atoms with Crippen LogP contribution in [0.3, 0.4) is 0 Å². The SMILES string of the molecule is CC(C)(C)OC(=O)N1C[C@@H]2C[C@H]1CN2C(=O)OC1C2CC3CC(C2)CC1C3. The second-order valence-electron chi connectivity index (χ2n) is 10.6. The van der Waals surface area contributed by atoms with Crippen molar-refractivity contribution in [3.05, 3.63) is 0 Å². The van der Waals surface area contributed by atoms with Gasteiger partial charge in [0.1, 0.15) is 11.7 Å².